The van der Waals surface area contributed by atoms with Gasteiger partial charge in [0.15, 0.2) is 0 Å². The lowest BCUT2D eigenvalue weighted by Gasteiger charge is -2.16. The summed E-state index contributed by atoms with van der Waals surface area (Å²) in [6, 6.07) is 3.85. The van der Waals surface area contributed by atoms with Gasteiger partial charge in [0.2, 0.25) is 0 Å². The number of benzene rings is 1. The van der Waals surface area contributed by atoms with E-state index in [-0.39, 0.29) is 0 Å². The van der Waals surface area contributed by atoms with Crippen LogP contribution in [0.3, 0.4) is 0 Å². The molecule has 1 rings (SSSR count). The van der Waals surface area contributed by atoms with Crippen molar-refractivity contribution in [3.8, 4) is 5.75 Å². The molecule has 0 unspecified atom stereocenters. The molecule has 0 saturated carbocycles. The molecule has 3 nitrogen and oxygen atoms in total. The largest absolute Gasteiger partial charge is 0.491 e. The van der Waals surface area contributed by atoms with Gasteiger partial charge in [0, 0.05) is 5.02 Å². The number of likely N-dealkylation sites (N-methyl/N-ethyl adjacent to an activating group) is 1. The van der Waals surface area contributed by atoms with E-state index in [2.05, 4.69) is 13.8 Å². The van der Waals surface area contributed by atoms with Gasteiger partial charge in [-0.1, -0.05) is 11.6 Å². The lowest BCUT2D eigenvalue weighted by atomic mass is 10.1. The van der Waals surface area contributed by atoms with Gasteiger partial charge >= 0.3 is 0 Å². The molecule has 1 aromatic rings. The summed E-state index contributed by atoms with van der Waals surface area (Å²) in [7, 11) is 0. The summed E-state index contributed by atoms with van der Waals surface area (Å²) >= 11 is 6.00. The van der Waals surface area contributed by atoms with Crippen LogP contribution in [0.15, 0.2) is 12.1 Å². The van der Waals surface area contributed by atoms with Crippen LogP contribution in [0.1, 0.15) is 25.0 Å². The molecule has 0 fully saturated rings. The summed E-state index contributed by atoms with van der Waals surface area (Å²) in [4.78, 5) is 1.57. The van der Waals surface area contributed by atoms with Crippen molar-refractivity contribution >= 4 is 11.6 Å². The van der Waals surface area contributed by atoms with Gasteiger partial charge in [-0.3, -0.25) is 0 Å². The molecule has 0 aliphatic carbocycles. The van der Waals surface area contributed by atoms with Gasteiger partial charge in [0.25, 0.3) is 0 Å². The third kappa shape index (κ3) is 5.70. The lowest BCUT2D eigenvalue weighted by molar-refractivity contribution is -0.896. The monoisotopic (exact) mass is 300 g/mol. The first-order valence-corrected chi connectivity index (χ1v) is 7.77. The Kier molecular flexibility index (Phi) is 7.97. The standard InChI is InChI=1S/C16H26ClNO2/c1-5-18(6-2)7-8-19-9-10-20-16-13(3)11-15(17)12-14(16)4/h11-12H,5-10H2,1-4H3/p+1. The second-order valence-corrected chi connectivity index (χ2v) is 5.47. The number of quaternary nitrogens is 1. The maximum Gasteiger partial charge on any atom is 0.125 e. The van der Waals surface area contributed by atoms with E-state index in [1.54, 1.807) is 4.90 Å². The number of rotatable bonds is 9. The number of ether oxygens (including phenoxy) is 2. The smallest absolute Gasteiger partial charge is 0.125 e. The molecule has 0 spiro atoms. The van der Waals surface area contributed by atoms with Crippen molar-refractivity contribution in [3.63, 3.8) is 0 Å². The fourth-order valence-electron chi connectivity index (χ4n) is 2.25. The van der Waals surface area contributed by atoms with Gasteiger partial charge in [0.05, 0.1) is 26.3 Å². The van der Waals surface area contributed by atoms with Gasteiger partial charge in [-0.15, -0.1) is 0 Å². The Labute approximate surface area is 127 Å². The van der Waals surface area contributed by atoms with Gasteiger partial charge in [-0.25, -0.2) is 0 Å². The van der Waals surface area contributed by atoms with E-state index < -0.39 is 0 Å². The maximum atomic E-state index is 6.00. The minimum atomic E-state index is 0.580. The molecule has 0 aromatic heterocycles. The molecule has 20 heavy (non-hydrogen) atoms. The van der Waals surface area contributed by atoms with Crippen LogP contribution in [-0.2, 0) is 4.74 Å². The second kappa shape index (κ2) is 9.22. The van der Waals surface area contributed by atoms with Gasteiger partial charge < -0.3 is 14.4 Å². The fourth-order valence-corrected chi connectivity index (χ4v) is 2.58. The highest BCUT2D eigenvalue weighted by Crippen LogP contribution is 2.26. The van der Waals surface area contributed by atoms with Crippen molar-refractivity contribution in [2.75, 3.05) is 39.5 Å². The summed E-state index contributed by atoms with van der Waals surface area (Å²) in [6.07, 6.45) is 0. The molecular formula is C16H27ClNO2+. The van der Waals surface area contributed by atoms with E-state index in [0.29, 0.717) is 13.2 Å². The highest BCUT2D eigenvalue weighted by atomic mass is 35.5. The third-order valence-corrected chi connectivity index (χ3v) is 3.72. The molecular weight excluding hydrogens is 274 g/mol. The Morgan fingerprint density at radius 1 is 1.00 bits per heavy atom. The Hall–Kier alpha value is -0.770. The molecule has 1 aromatic carbocycles. The first-order chi connectivity index (χ1) is 9.58. The molecule has 0 aliphatic rings. The van der Waals surface area contributed by atoms with Crippen molar-refractivity contribution in [3.05, 3.63) is 28.3 Å². The second-order valence-electron chi connectivity index (χ2n) is 5.04. The summed E-state index contributed by atoms with van der Waals surface area (Å²) in [5.41, 5.74) is 2.14. The number of nitrogens with one attached hydrogen (secondary N) is 1. The topological polar surface area (TPSA) is 22.9 Å². The quantitative estimate of drug-likeness (QED) is 0.707. The Balaban J connectivity index is 2.25. The number of hydrogen-bond acceptors (Lipinski definition) is 2. The van der Waals surface area contributed by atoms with Crippen LogP contribution in [-0.4, -0.2) is 39.5 Å². The van der Waals surface area contributed by atoms with Crippen LogP contribution in [0.5, 0.6) is 5.75 Å². The van der Waals surface area contributed by atoms with Gasteiger partial charge in [-0.2, -0.15) is 0 Å². The fraction of sp³-hybridized carbons (Fsp3) is 0.625. The molecule has 0 bridgehead atoms. The Bertz CT molecular complexity index is 382. The number of hydrogen-bond donors (Lipinski definition) is 1. The summed E-state index contributed by atoms with van der Waals surface area (Å²) in [6.45, 7) is 13.8. The minimum absolute atomic E-state index is 0.580. The molecule has 0 atom stereocenters. The maximum absolute atomic E-state index is 6.00. The van der Waals surface area contributed by atoms with Crippen LogP contribution in [0, 0.1) is 13.8 Å². The highest BCUT2D eigenvalue weighted by molar-refractivity contribution is 6.30. The Morgan fingerprint density at radius 3 is 2.15 bits per heavy atom. The third-order valence-electron chi connectivity index (χ3n) is 3.50. The van der Waals surface area contributed by atoms with Gasteiger partial charge in [-0.05, 0) is 51.0 Å². The molecule has 0 amide bonds. The van der Waals surface area contributed by atoms with Crippen LogP contribution in [0.25, 0.3) is 0 Å². The summed E-state index contributed by atoms with van der Waals surface area (Å²) in [5.74, 6) is 0.923. The van der Waals surface area contributed by atoms with Crippen molar-refractivity contribution in [2.45, 2.75) is 27.7 Å². The van der Waals surface area contributed by atoms with E-state index in [1.807, 2.05) is 26.0 Å². The van der Waals surface area contributed by atoms with Crippen molar-refractivity contribution < 1.29 is 14.4 Å². The minimum Gasteiger partial charge on any atom is -0.491 e. The zero-order chi connectivity index (χ0) is 15.0. The molecule has 114 valence electrons. The van der Waals surface area contributed by atoms with Crippen LogP contribution in [0.4, 0.5) is 0 Å². The van der Waals surface area contributed by atoms with E-state index in [4.69, 9.17) is 21.1 Å². The number of halogens is 1. The van der Waals surface area contributed by atoms with Crippen LogP contribution in [0.2, 0.25) is 5.02 Å². The summed E-state index contributed by atoms with van der Waals surface area (Å²) in [5, 5.41) is 0.755. The SMILES string of the molecule is CC[NH+](CC)CCOCCOc1c(C)cc(Cl)cc1C. The molecule has 4 heteroatoms. The first-order valence-electron chi connectivity index (χ1n) is 7.39. The molecule has 0 aliphatic heterocycles. The average molecular weight is 301 g/mol. The first kappa shape index (κ1) is 17.3. The van der Waals surface area contributed by atoms with E-state index in [0.717, 1.165) is 48.1 Å². The lowest BCUT2D eigenvalue weighted by Crippen LogP contribution is -3.11. The molecule has 1 N–H and O–H groups in total. The highest BCUT2D eigenvalue weighted by Gasteiger charge is 2.06. The Morgan fingerprint density at radius 2 is 1.60 bits per heavy atom. The predicted molar refractivity (Wildman–Crippen MR) is 84.2 cm³/mol. The van der Waals surface area contributed by atoms with Crippen LogP contribution >= 0.6 is 11.6 Å². The summed E-state index contributed by atoms with van der Waals surface area (Å²) < 4.78 is 11.4. The zero-order valence-electron chi connectivity index (χ0n) is 13.1. The van der Waals surface area contributed by atoms with Crippen molar-refractivity contribution in [1.29, 1.82) is 0 Å². The van der Waals surface area contributed by atoms with E-state index >= 15 is 0 Å². The van der Waals surface area contributed by atoms with E-state index in [1.165, 1.54) is 0 Å². The zero-order valence-corrected chi connectivity index (χ0v) is 13.8. The molecule has 0 radical (unpaired) electrons. The normalized spacial score (nSPS) is 11.1. The van der Waals surface area contributed by atoms with E-state index in [9.17, 15) is 0 Å². The van der Waals surface area contributed by atoms with Crippen molar-refractivity contribution in [2.24, 2.45) is 0 Å². The van der Waals surface area contributed by atoms with Crippen molar-refractivity contribution in [1.82, 2.24) is 0 Å². The predicted octanol–water partition coefficient (Wildman–Crippen LogP) is 2.28. The molecule has 0 heterocycles. The number of aryl methyl sites for hydroxylation is 2. The van der Waals surface area contributed by atoms with Crippen LogP contribution < -0.4 is 9.64 Å². The molecule has 0 saturated heterocycles. The van der Waals surface area contributed by atoms with Gasteiger partial charge in [0.1, 0.15) is 18.9 Å². The average Bonchev–Trinajstić information content (AvgIpc) is 2.40.